The fourth-order valence-corrected chi connectivity index (χ4v) is 2.71. The Hall–Kier alpha value is -1.24. The Morgan fingerprint density at radius 3 is 2.67 bits per heavy atom. The van der Waals surface area contributed by atoms with Crippen molar-refractivity contribution in [1.82, 2.24) is 4.98 Å². The van der Waals surface area contributed by atoms with E-state index >= 15 is 0 Å². The van der Waals surface area contributed by atoms with Gasteiger partial charge in [-0.1, -0.05) is 32.0 Å². The van der Waals surface area contributed by atoms with Gasteiger partial charge >= 0.3 is 0 Å². The molecule has 1 nitrogen and oxygen atoms in total. The van der Waals surface area contributed by atoms with Crippen LogP contribution in [0, 0.1) is 11.8 Å². The van der Waals surface area contributed by atoms with Gasteiger partial charge in [0.25, 0.3) is 0 Å². The van der Waals surface area contributed by atoms with E-state index < -0.39 is 0 Å². The third kappa shape index (κ3) is 1.30. The van der Waals surface area contributed by atoms with E-state index in [9.17, 15) is 0 Å². The smallest absolute Gasteiger partial charge is 0.0458 e. The molecule has 2 atom stereocenters. The summed E-state index contributed by atoms with van der Waals surface area (Å²) in [4.78, 5) is 3.57. The third-order valence-corrected chi connectivity index (χ3v) is 3.93. The van der Waals surface area contributed by atoms with Gasteiger partial charge in [-0.05, 0) is 36.3 Å². The van der Waals surface area contributed by atoms with Crippen LogP contribution in [0.1, 0.15) is 25.1 Å². The molecule has 0 amide bonds. The van der Waals surface area contributed by atoms with Crippen molar-refractivity contribution in [2.45, 2.75) is 26.7 Å². The van der Waals surface area contributed by atoms with Gasteiger partial charge in [-0.3, -0.25) is 0 Å². The van der Waals surface area contributed by atoms with E-state index in [4.69, 9.17) is 0 Å². The monoisotopic (exact) mass is 199 g/mol. The number of H-pyrrole nitrogens is 1. The van der Waals surface area contributed by atoms with Crippen LogP contribution in [0.3, 0.4) is 0 Å². The first-order valence-electron chi connectivity index (χ1n) is 5.84. The lowest BCUT2D eigenvalue weighted by molar-refractivity contribution is 0.359. The van der Waals surface area contributed by atoms with E-state index in [0.717, 1.165) is 11.8 Å². The second kappa shape index (κ2) is 3.13. The van der Waals surface area contributed by atoms with Gasteiger partial charge in [0.2, 0.25) is 0 Å². The topological polar surface area (TPSA) is 15.8 Å². The summed E-state index contributed by atoms with van der Waals surface area (Å²) < 4.78 is 0. The molecule has 15 heavy (non-hydrogen) atoms. The second-order valence-corrected chi connectivity index (χ2v) is 4.99. The molecule has 1 heteroatoms. The van der Waals surface area contributed by atoms with E-state index in [-0.39, 0.29) is 0 Å². The third-order valence-electron chi connectivity index (χ3n) is 3.93. The van der Waals surface area contributed by atoms with Crippen LogP contribution in [0.15, 0.2) is 24.3 Å². The Labute approximate surface area is 90.5 Å². The lowest BCUT2D eigenvalue weighted by Crippen LogP contribution is -2.20. The van der Waals surface area contributed by atoms with Gasteiger partial charge in [-0.25, -0.2) is 0 Å². The van der Waals surface area contributed by atoms with Gasteiger partial charge in [-0.15, -0.1) is 0 Å². The van der Waals surface area contributed by atoms with Crippen LogP contribution < -0.4 is 0 Å². The zero-order chi connectivity index (χ0) is 10.4. The summed E-state index contributed by atoms with van der Waals surface area (Å²) in [7, 11) is 0. The molecule has 0 saturated carbocycles. The van der Waals surface area contributed by atoms with Gasteiger partial charge < -0.3 is 4.98 Å². The highest BCUT2D eigenvalue weighted by Crippen LogP contribution is 2.34. The highest BCUT2D eigenvalue weighted by atomic mass is 14.7. The van der Waals surface area contributed by atoms with Crippen LogP contribution in [-0.2, 0) is 12.8 Å². The number of hydrogen-bond donors (Lipinski definition) is 1. The first-order chi connectivity index (χ1) is 7.25. The Bertz CT molecular complexity index is 495. The van der Waals surface area contributed by atoms with Crippen molar-refractivity contribution >= 4 is 10.9 Å². The molecule has 1 aromatic heterocycles. The van der Waals surface area contributed by atoms with Gasteiger partial charge in [0, 0.05) is 16.6 Å². The SMILES string of the molecule is CC1Cc2[nH]c3ccccc3c2CC1C. The normalized spacial score (nSPS) is 25.5. The lowest BCUT2D eigenvalue weighted by Gasteiger charge is -2.25. The zero-order valence-corrected chi connectivity index (χ0v) is 9.38. The van der Waals surface area contributed by atoms with E-state index in [1.54, 1.807) is 5.56 Å². The molecule has 1 N–H and O–H groups in total. The molecule has 1 aliphatic carbocycles. The average Bonchev–Trinajstić information content (AvgIpc) is 2.57. The first-order valence-corrected chi connectivity index (χ1v) is 5.84. The number of rotatable bonds is 0. The standard InChI is InChI=1S/C14H17N/c1-9-7-12-11-5-3-4-6-13(11)15-14(12)8-10(9)2/h3-6,9-10,15H,7-8H2,1-2H3. The Morgan fingerprint density at radius 1 is 1.07 bits per heavy atom. The summed E-state index contributed by atoms with van der Waals surface area (Å²) in [6, 6.07) is 8.67. The van der Waals surface area contributed by atoms with E-state index in [1.165, 1.54) is 29.4 Å². The molecule has 3 rings (SSSR count). The molecule has 2 aromatic rings. The minimum Gasteiger partial charge on any atom is -0.358 e. The van der Waals surface area contributed by atoms with Crippen molar-refractivity contribution in [2.24, 2.45) is 11.8 Å². The lowest BCUT2D eigenvalue weighted by atomic mass is 9.80. The van der Waals surface area contributed by atoms with Crippen molar-refractivity contribution in [3.05, 3.63) is 35.5 Å². The summed E-state index contributed by atoms with van der Waals surface area (Å²) in [6.07, 6.45) is 2.45. The molecular formula is C14H17N. The number of aromatic amines is 1. The number of fused-ring (bicyclic) bond motifs is 3. The maximum atomic E-state index is 3.57. The first kappa shape index (κ1) is 9.02. The molecule has 1 aliphatic rings. The molecule has 0 spiro atoms. The van der Waals surface area contributed by atoms with Crippen LogP contribution in [0.2, 0.25) is 0 Å². The molecule has 2 unspecified atom stereocenters. The van der Waals surface area contributed by atoms with Crippen LogP contribution in [0.4, 0.5) is 0 Å². The Morgan fingerprint density at radius 2 is 1.80 bits per heavy atom. The van der Waals surface area contributed by atoms with Gasteiger partial charge in [-0.2, -0.15) is 0 Å². The van der Waals surface area contributed by atoms with Crippen LogP contribution in [0.5, 0.6) is 0 Å². The summed E-state index contributed by atoms with van der Waals surface area (Å²) in [5.41, 5.74) is 4.35. The Kier molecular flexibility index (Phi) is 1.88. The number of benzene rings is 1. The van der Waals surface area contributed by atoms with Gasteiger partial charge in [0.15, 0.2) is 0 Å². The molecule has 0 saturated heterocycles. The summed E-state index contributed by atoms with van der Waals surface area (Å²) >= 11 is 0. The van der Waals surface area contributed by atoms with Crippen molar-refractivity contribution in [3.63, 3.8) is 0 Å². The highest BCUT2D eigenvalue weighted by molar-refractivity contribution is 5.84. The number of aromatic nitrogens is 1. The maximum Gasteiger partial charge on any atom is 0.0458 e. The molecule has 0 aliphatic heterocycles. The van der Waals surface area contributed by atoms with Crippen molar-refractivity contribution in [3.8, 4) is 0 Å². The molecule has 0 radical (unpaired) electrons. The summed E-state index contributed by atoms with van der Waals surface area (Å²) in [6.45, 7) is 4.73. The van der Waals surface area contributed by atoms with E-state index in [2.05, 4.69) is 43.1 Å². The Balaban J connectivity index is 2.21. The molecule has 0 bridgehead atoms. The van der Waals surface area contributed by atoms with Crippen LogP contribution in [0.25, 0.3) is 10.9 Å². The predicted molar refractivity (Wildman–Crippen MR) is 64.0 cm³/mol. The number of nitrogens with one attached hydrogen (secondary N) is 1. The number of hydrogen-bond acceptors (Lipinski definition) is 0. The largest absolute Gasteiger partial charge is 0.358 e. The predicted octanol–water partition coefficient (Wildman–Crippen LogP) is 3.54. The second-order valence-electron chi connectivity index (χ2n) is 4.99. The minimum absolute atomic E-state index is 0.811. The van der Waals surface area contributed by atoms with E-state index in [0.29, 0.717) is 0 Å². The fraction of sp³-hybridized carbons (Fsp3) is 0.429. The molecule has 78 valence electrons. The van der Waals surface area contributed by atoms with Gasteiger partial charge in [0.05, 0.1) is 0 Å². The van der Waals surface area contributed by atoms with Crippen molar-refractivity contribution < 1.29 is 0 Å². The highest BCUT2D eigenvalue weighted by Gasteiger charge is 2.24. The van der Waals surface area contributed by atoms with Gasteiger partial charge in [0.1, 0.15) is 0 Å². The van der Waals surface area contributed by atoms with Crippen LogP contribution in [-0.4, -0.2) is 4.98 Å². The summed E-state index contributed by atoms with van der Waals surface area (Å²) in [5.74, 6) is 1.63. The number of para-hydroxylation sites is 1. The minimum atomic E-state index is 0.811. The van der Waals surface area contributed by atoms with Crippen molar-refractivity contribution in [1.29, 1.82) is 0 Å². The molecular weight excluding hydrogens is 182 g/mol. The zero-order valence-electron chi connectivity index (χ0n) is 9.38. The van der Waals surface area contributed by atoms with Crippen LogP contribution >= 0.6 is 0 Å². The van der Waals surface area contributed by atoms with E-state index in [1.807, 2.05) is 0 Å². The fourth-order valence-electron chi connectivity index (χ4n) is 2.71. The molecule has 1 heterocycles. The summed E-state index contributed by atoms with van der Waals surface area (Å²) in [5, 5.41) is 1.44. The molecule has 0 fully saturated rings. The molecule has 1 aromatic carbocycles. The van der Waals surface area contributed by atoms with Crippen molar-refractivity contribution in [2.75, 3.05) is 0 Å². The average molecular weight is 199 g/mol. The maximum absolute atomic E-state index is 3.57. The quantitative estimate of drug-likeness (QED) is 0.668.